The molecule has 4 nitrogen and oxygen atoms in total. The lowest BCUT2D eigenvalue weighted by Crippen LogP contribution is -2.31. The molecule has 0 amide bonds. The Morgan fingerprint density at radius 1 is 1.29 bits per heavy atom. The molecular weight excluding hydrogens is 267 g/mol. The summed E-state index contributed by atoms with van der Waals surface area (Å²) in [5, 5.41) is 2.98. The van der Waals surface area contributed by atoms with Crippen LogP contribution in [0.2, 0.25) is 0 Å². The van der Waals surface area contributed by atoms with E-state index >= 15 is 0 Å². The third-order valence-corrected chi connectivity index (χ3v) is 3.41. The Morgan fingerprint density at radius 2 is 2.00 bits per heavy atom. The van der Waals surface area contributed by atoms with Crippen LogP contribution in [0.15, 0.2) is 29.2 Å². The summed E-state index contributed by atoms with van der Waals surface area (Å²) >= 11 is 0. The average molecular weight is 283 g/mol. The zero-order valence-corrected chi connectivity index (χ0v) is 11.1. The van der Waals surface area contributed by atoms with E-state index in [-0.39, 0.29) is 23.8 Å². The third-order valence-electron chi connectivity index (χ3n) is 1.95. The Kier molecular flexibility index (Phi) is 7.29. The zero-order valence-electron chi connectivity index (χ0n) is 9.44. The molecule has 0 aromatic heterocycles. The van der Waals surface area contributed by atoms with Crippen LogP contribution < -0.4 is 10.0 Å². The molecule has 17 heavy (non-hydrogen) atoms. The topological polar surface area (TPSA) is 58.2 Å². The molecule has 0 fully saturated rings. The lowest BCUT2D eigenvalue weighted by atomic mass is 10.4. The van der Waals surface area contributed by atoms with E-state index in [0.29, 0.717) is 6.54 Å². The fraction of sp³-hybridized carbons (Fsp3) is 0.400. The van der Waals surface area contributed by atoms with Crippen LogP contribution in [0.4, 0.5) is 4.39 Å². The van der Waals surface area contributed by atoms with E-state index in [2.05, 4.69) is 10.0 Å². The van der Waals surface area contributed by atoms with Crippen molar-refractivity contribution in [1.29, 1.82) is 0 Å². The van der Waals surface area contributed by atoms with Crippen LogP contribution in [-0.4, -0.2) is 28.1 Å². The monoisotopic (exact) mass is 282 g/mol. The van der Waals surface area contributed by atoms with E-state index < -0.39 is 15.8 Å². The molecule has 0 aliphatic carbocycles. The van der Waals surface area contributed by atoms with Crippen LogP contribution in [0.3, 0.4) is 0 Å². The maximum absolute atomic E-state index is 12.8. The molecular formula is C10H16ClFN2O2S. The van der Waals surface area contributed by atoms with Gasteiger partial charge in [0.05, 0.1) is 4.90 Å². The van der Waals surface area contributed by atoms with Gasteiger partial charge in [-0.05, 0) is 24.7 Å². The second-order valence-electron chi connectivity index (χ2n) is 3.21. The fourth-order valence-corrected chi connectivity index (χ4v) is 2.23. The highest BCUT2D eigenvalue weighted by molar-refractivity contribution is 7.89. The van der Waals surface area contributed by atoms with Crippen molar-refractivity contribution in [1.82, 2.24) is 10.0 Å². The summed E-state index contributed by atoms with van der Waals surface area (Å²) in [5.74, 6) is -0.561. The second-order valence-corrected chi connectivity index (χ2v) is 4.98. The van der Waals surface area contributed by atoms with Crippen molar-refractivity contribution in [2.45, 2.75) is 11.8 Å². The number of sulfonamides is 1. The van der Waals surface area contributed by atoms with Gasteiger partial charge in [0.15, 0.2) is 0 Å². The summed E-state index contributed by atoms with van der Waals surface area (Å²) in [6, 6.07) is 4.93. The fourth-order valence-electron chi connectivity index (χ4n) is 1.17. The highest BCUT2D eigenvalue weighted by Crippen LogP contribution is 2.09. The SMILES string of the molecule is CCNCCNS(=O)(=O)c1cccc(F)c1.Cl. The van der Waals surface area contributed by atoms with E-state index in [1.165, 1.54) is 18.2 Å². The van der Waals surface area contributed by atoms with E-state index in [1.807, 2.05) is 6.92 Å². The van der Waals surface area contributed by atoms with Crippen molar-refractivity contribution in [3.05, 3.63) is 30.1 Å². The number of benzene rings is 1. The Morgan fingerprint density at radius 3 is 2.59 bits per heavy atom. The molecule has 0 saturated heterocycles. The molecule has 0 aliphatic rings. The van der Waals surface area contributed by atoms with Gasteiger partial charge in [0.1, 0.15) is 5.82 Å². The van der Waals surface area contributed by atoms with Crippen molar-refractivity contribution in [2.24, 2.45) is 0 Å². The van der Waals surface area contributed by atoms with Gasteiger partial charge in [-0.2, -0.15) is 0 Å². The minimum absolute atomic E-state index is 0. The van der Waals surface area contributed by atoms with E-state index in [1.54, 1.807) is 0 Å². The van der Waals surface area contributed by atoms with Crippen molar-refractivity contribution >= 4 is 22.4 Å². The van der Waals surface area contributed by atoms with Crippen LogP contribution >= 0.6 is 12.4 Å². The minimum Gasteiger partial charge on any atom is -0.316 e. The zero-order chi connectivity index (χ0) is 12.0. The third kappa shape index (κ3) is 5.45. The standard InChI is InChI=1S/C10H15FN2O2S.ClH/c1-2-12-6-7-13-16(14,15)10-5-3-4-9(11)8-10;/h3-5,8,12-13H,2,6-7H2,1H3;1H. The number of nitrogens with one attached hydrogen (secondary N) is 2. The van der Waals surface area contributed by atoms with Gasteiger partial charge in [-0.3, -0.25) is 0 Å². The Labute approximate surface area is 107 Å². The molecule has 0 aliphatic heterocycles. The van der Waals surface area contributed by atoms with Crippen LogP contribution in [0.5, 0.6) is 0 Å². The molecule has 7 heteroatoms. The van der Waals surface area contributed by atoms with E-state index in [9.17, 15) is 12.8 Å². The molecule has 0 unspecified atom stereocenters. The first-order valence-electron chi connectivity index (χ1n) is 5.02. The van der Waals surface area contributed by atoms with Gasteiger partial charge in [0, 0.05) is 13.1 Å². The summed E-state index contributed by atoms with van der Waals surface area (Å²) in [6.07, 6.45) is 0. The van der Waals surface area contributed by atoms with Gasteiger partial charge in [0.25, 0.3) is 0 Å². The van der Waals surface area contributed by atoms with Crippen molar-refractivity contribution in [3.63, 3.8) is 0 Å². The summed E-state index contributed by atoms with van der Waals surface area (Å²) in [5.41, 5.74) is 0. The number of likely N-dealkylation sites (N-methyl/N-ethyl adjacent to an activating group) is 1. The quantitative estimate of drug-likeness (QED) is 0.769. The summed E-state index contributed by atoms with van der Waals surface area (Å²) in [4.78, 5) is -0.0519. The summed E-state index contributed by atoms with van der Waals surface area (Å²) in [7, 11) is -3.59. The average Bonchev–Trinajstić information content (AvgIpc) is 2.24. The Balaban J connectivity index is 0.00000256. The molecule has 1 aromatic carbocycles. The molecule has 0 radical (unpaired) electrons. The lowest BCUT2D eigenvalue weighted by molar-refractivity contribution is 0.574. The first kappa shape index (κ1) is 16.3. The number of hydrogen-bond donors (Lipinski definition) is 2. The molecule has 2 N–H and O–H groups in total. The highest BCUT2D eigenvalue weighted by atomic mass is 35.5. The number of rotatable bonds is 6. The lowest BCUT2D eigenvalue weighted by Gasteiger charge is -2.06. The molecule has 0 saturated carbocycles. The molecule has 0 atom stereocenters. The summed E-state index contributed by atoms with van der Waals surface area (Å²) in [6.45, 7) is 3.54. The molecule has 0 spiro atoms. The molecule has 98 valence electrons. The predicted molar refractivity (Wildman–Crippen MR) is 67.4 cm³/mol. The molecule has 1 aromatic rings. The predicted octanol–water partition coefficient (Wildman–Crippen LogP) is 1.14. The second kappa shape index (κ2) is 7.60. The van der Waals surface area contributed by atoms with Crippen molar-refractivity contribution < 1.29 is 12.8 Å². The van der Waals surface area contributed by atoms with Gasteiger partial charge in [-0.25, -0.2) is 17.5 Å². The van der Waals surface area contributed by atoms with Crippen LogP contribution in [0, 0.1) is 5.82 Å². The van der Waals surface area contributed by atoms with Crippen LogP contribution in [0.1, 0.15) is 6.92 Å². The minimum atomic E-state index is -3.59. The largest absolute Gasteiger partial charge is 0.316 e. The Hall–Kier alpha value is -0.690. The first-order valence-corrected chi connectivity index (χ1v) is 6.50. The number of hydrogen-bond acceptors (Lipinski definition) is 3. The van der Waals surface area contributed by atoms with Crippen molar-refractivity contribution in [2.75, 3.05) is 19.6 Å². The molecule has 0 bridgehead atoms. The summed E-state index contributed by atoms with van der Waals surface area (Å²) < 4.78 is 38.5. The molecule has 1 rings (SSSR count). The molecule has 0 heterocycles. The first-order chi connectivity index (χ1) is 7.56. The smallest absolute Gasteiger partial charge is 0.240 e. The van der Waals surface area contributed by atoms with E-state index in [4.69, 9.17) is 0 Å². The maximum Gasteiger partial charge on any atom is 0.240 e. The van der Waals surface area contributed by atoms with Gasteiger partial charge in [-0.1, -0.05) is 13.0 Å². The van der Waals surface area contributed by atoms with Crippen molar-refractivity contribution in [3.8, 4) is 0 Å². The number of halogens is 2. The Bertz CT molecular complexity index is 440. The normalized spacial score (nSPS) is 10.9. The van der Waals surface area contributed by atoms with Crippen LogP contribution in [0.25, 0.3) is 0 Å². The van der Waals surface area contributed by atoms with Gasteiger partial charge in [0.2, 0.25) is 10.0 Å². The highest BCUT2D eigenvalue weighted by Gasteiger charge is 2.13. The van der Waals surface area contributed by atoms with Gasteiger partial charge in [-0.15, -0.1) is 12.4 Å². The van der Waals surface area contributed by atoms with E-state index in [0.717, 1.165) is 12.6 Å². The maximum atomic E-state index is 12.8. The van der Waals surface area contributed by atoms with Crippen LogP contribution in [-0.2, 0) is 10.0 Å². The van der Waals surface area contributed by atoms with Gasteiger partial charge >= 0.3 is 0 Å². The van der Waals surface area contributed by atoms with Gasteiger partial charge < -0.3 is 5.32 Å².